The van der Waals surface area contributed by atoms with E-state index in [-0.39, 0.29) is 24.1 Å². The quantitative estimate of drug-likeness (QED) is 0.428. The van der Waals surface area contributed by atoms with Crippen molar-refractivity contribution in [1.29, 1.82) is 5.26 Å². The lowest BCUT2D eigenvalue weighted by Gasteiger charge is -2.33. The van der Waals surface area contributed by atoms with Crippen LogP contribution in [0.4, 0.5) is 5.69 Å². The van der Waals surface area contributed by atoms with E-state index in [0.29, 0.717) is 5.92 Å². The topological polar surface area (TPSA) is 73.6 Å². The maximum atomic E-state index is 12.3. The first-order chi connectivity index (χ1) is 13.3. The highest BCUT2D eigenvalue weighted by molar-refractivity contribution is 5.98. The second-order valence-electron chi connectivity index (χ2n) is 7.65. The van der Waals surface area contributed by atoms with Crippen molar-refractivity contribution in [3.8, 4) is 6.07 Å². The molecule has 0 spiro atoms. The summed E-state index contributed by atoms with van der Waals surface area (Å²) >= 11 is 0. The summed E-state index contributed by atoms with van der Waals surface area (Å²) in [7, 11) is 5.62. The summed E-state index contributed by atoms with van der Waals surface area (Å²) in [6, 6.07) is 9.50. The number of ether oxygens (including phenoxy) is 1. The average molecular weight is 383 g/mol. The van der Waals surface area contributed by atoms with Crippen LogP contribution in [0.15, 0.2) is 29.8 Å². The van der Waals surface area contributed by atoms with Crippen LogP contribution in [0.2, 0.25) is 0 Å². The van der Waals surface area contributed by atoms with E-state index in [9.17, 15) is 14.9 Å². The van der Waals surface area contributed by atoms with Gasteiger partial charge in [-0.1, -0.05) is 19.1 Å². The number of nitriles is 1. The van der Waals surface area contributed by atoms with Crippen LogP contribution in [0.3, 0.4) is 0 Å². The molecule has 0 unspecified atom stereocenters. The molecule has 2 rings (SSSR count). The number of amides is 1. The summed E-state index contributed by atoms with van der Waals surface area (Å²) in [5.41, 5.74) is 1.61. The maximum absolute atomic E-state index is 12.3. The van der Waals surface area contributed by atoms with Crippen molar-refractivity contribution >= 4 is 23.6 Å². The SMILES string of the molecule is CC1CCC(N(C)C(=O)COC(=O)/C(C#N)=C/c2ccc(N(C)C)cc2)CC1. The smallest absolute Gasteiger partial charge is 0.349 e. The van der Waals surface area contributed by atoms with Gasteiger partial charge in [-0.25, -0.2) is 4.79 Å². The number of esters is 1. The Morgan fingerprint density at radius 1 is 1.14 bits per heavy atom. The highest BCUT2D eigenvalue weighted by Gasteiger charge is 2.25. The fraction of sp³-hybridized carbons (Fsp3) is 0.500. The second-order valence-corrected chi connectivity index (χ2v) is 7.65. The standard InChI is InChI=1S/C22H29N3O3/c1-16-5-9-20(10-6-16)25(4)21(26)15-28-22(27)18(14-23)13-17-7-11-19(12-8-17)24(2)3/h7-8,11-13,16,20H,5-6,9-10,15H2,1-4H3/b18-13+. The van der Waals surface area contributed by atoms with Crippen molar-refractivity contribution < 1.29 is 14.3 Å². The van der Waals surface area contributed by atoms with Crippen molar-refractivity contribution in [2.45, 2.75) is 38.6 Å². The predicted molar refractivity (Wildman–Crippen MR) is 110 cm³/mol. The summed E-state index contributed by atoms with van der Waals surface area (Å²) in [5.74, 6) is -0.313. The van der Waals surface area contributed by atoms with Crippen molar-refractivity contribution in [1.82, 2.24) is 4.90 Å². The Hall–Kier alpha value is -2.81. The molecule has 1 amide bonds. The van der Waals surface area contributed by atoms with Gasteiger partial charge in [0.2, 0.25) is 0 Å². The van der Waals surface area contributed by atoms with E-state index in [1.54, 1.807) is 11.9 Å². The maximum Gasteiger partial charge on any atom is 0.349 e. The molecular weight excluding hydrogens is 354 g/mol. The summed E-state index contributed by atoms with van der Waals surface area (Å²) < 4.78 is 5.09. The Morgan fingerprint density at radius 2 is 1.75 bits per heavy atom. The molecule has 0 N–H and O–H groups in total. The number of carbonyl (C=O) groups excluding carboxylic acids is 2. The van der Waals surface area contributed by atoms with Crippen molar-refractivity contribution in [3.05, 3.63) is 35.4 Å². The Balaban J connectivity index is 1.92. The van der Waals surface area contributed by atoms with E-state index in [4.69, 9.17) is 4.74 Å². The van der Waals surface area contributed by atoms with Crippen molar-refractivity contribution in [2.75, 3.05) is 32.6 Å². The molecule has 0 aromatic heterocycles. The van der Waals surface area contributed by atoms with Crippen molar-refractivity contribution in [3.63, 3.8) is 0 Å². The molecule has 1 aromatic rings. The highest BCUT2D eigenvalue weighted by atomic mass is 16.5. The molecule has 1 saturated carbocycles. The normalized spacial score (nSPS) is 19.5. The van der Waals surface area contributed by atoms with E-state index in [1.807, 2.05) is 49.3 Å². The fourth-order valence-electron chi connectivity index (χ4n) is 3.31. The minimum atomic E-state index is -0.779. The lowest BCUT2D eigenvalue weighted by atomic mass is 9.87. The molecule has 0 aliphatic heterocycles. The molecule has 1 fully saturated rings. The molecular formula is C22H29N3O3. The van der Waals surface area contributed by atoms with Crippen LogP contribution in [-0.2, 0) is 14.3 Å². The first-order valence-corrected chi connectivity index (χ1v) is 9.63. The number of nitrogens with zero attached hydrogens (tertiary/aromatic N) is 3. The zero-order chi connectivity index (χ0) is 20.7. The molecule has 150 valence electrons. The van der Waals surface area contributed by atoms with Gasteiger partial charge >= 0.3 is 5.97 Å². The first kappa shape index (κ1) is 21.5. The van der Waals surface area contributed by atoms with Gasteiger partial charge in [0.1, 0.15) is 11.6 Å². The van der Waals surface area contributed by atoms with Gasteiger partial charge in [-0.2, -0.15) is 5.26 Å². The van der Waals surface area contributed by atoms with Gasteiger partial charge in [0.05, 0.1) is 0 Å². The molecule has 0 atom stereocenters. The Kier molecular flexibility index (Phi) is 7.62. The summed E-state index contributed by atoms with van der Waals surface area (Å²) in [4.78, 5) is 28.2. The van der Waals surface area contributed by atoms with E-state index in [2.05, 4.69) is 6.92 Å². The van der Waals surface area contributed by atoms with E-state index in [0.717, 1.165) is 36.9 Å². The number of likely N-dealkylation sites (N-methyl/N-ethyl adjacent to an activating group) is 1. The molecule has 28 heavy (non-hydrogen) atoms. The lowest BCUT2D eigenvalue weighted by Crippen LogP contribution is -2.41. The fourth-order valence-corrected chi connectivity index (χ4v) is 3.31. The third-order valence-electron chi connectivity index (χ3n) is 5.31. The van der Waals surface area contributed by atoms with Gasteiger partial charge in [0.15, 0.2) is 6.61 Å². The Labute approximate surface area is 167 Å². The largest absolute Gasteiger partial charge is 0.451 e. The predicted octanol–water partition coefficient (Wildman–Crippen LogP) is 3.24. The number of carbonyl (C=O) groups is 2. The zero-order valence-corrected chi connectivity index (χ0v) is 17.1. The van der Waals surface area contributed by atoms with Crippen LogP contribution in [-0.4, -0.2) is 50.6 Å². The molecule has 0 saturated heterocycles. The highest BCUT2D eigenvalue weighted by Crippen LogP contribution is 2.26. The molecule has 0 bridgehead atoms. The Morgan fingerprint density at radius 3 is 2.29 bits per heavy atom. The summed E-state index contributed by atoms with van der Waals surface area (Å²) in [6.07, 6.45) is 5.64. The van der Waals surface area contributed by atoms with Crippen LogP contribution in [0, 0.1) is 17.2 Å². The third-order valence-corrected chi connectivity index (χ3v) is 5.31. The van der Waals surface area contributed by atoms with Crippen LogP contribution < -0.4 is 4.90 Å². The van der Waals surface area contributed by atoms with E-state index in [1.165, 1.54) is 6.08 Å². The van der Waals surface area contributed by atoms with Crippen LogP contribution in [0.1, 0.15) is 38.2 Å². The molecule has 0 heterocycles. The van der Waals surface area contributed by atoms with Crippen LogP contribution in [0.5, 0.6) is 0 Å². The van der Waals surface area contributed by atoms with Gasteiger partial charge in [-0.05, 0) is 55.4 Å². The van der Waals surface area contributed by atoms with Crippen molar-refractivity contribution in [2.24, 2.45) is 5.92 Å². The van der Waals surface area contributed by atoms with Crippen LogP contribution >= 0.6 is 0 Å². The third kappa shape index (κ3) is 5.85. The number of anilines is 1. The molecule has 1 aliphatic carbocycles. The molecule has 6 nitrogen and oxygen atoms in total. The van der Waals surface area contributed by atoms with Gasteiger partial charge in [-0.15, -0.1) is 0 Å². The second kappa shape index (κ2) is 9.93. The molecule has 1 aliphatic rings. The number of rotatable bonds is 6. The number of hydrogen-bond acceptors (Lipinski definition) is 5. The average Bonchev–Trinajstić information content (AvgIpc) is 2.70. The number of benzene rings is 1. The monoisotopic (exact) mass is 383 g/mol. The summed E-state index contributed by atoms with van der Waals surface area (Å²) in [5, 5.41) is 9.28. The number of hydrogen-bond donors (Lipinski definition) is 0. The molecule has 0 radical (unpaired) electrons. The van der Waals surface area contributed by atoms with E-state index < -0.39 is 5.97 Å². The minimum Gasteiger partial charge on any atom is -0.451 e. The van der Waals surface area contributed by atoms with Gasteiger partial charge < -0.3 is 14.5 Å². The van der Waals surface area contributed by atoms with Gasteiger partial charge in [0, 0.05) is 32.9 Å². The van der Waals surface area contributed by atoms with Gasteiger partial charge in [0.25, 0.3) is 5.91 Å². The zero-order valence-electron chi connectivity index (χ0n) is 17.1. The summed E-state index contributed by atoms with van der Waals surface area (Å²) in [6.45, 7) is 1.88. The first-order valence-electron chi connectivity index (χ1n) is 9.63. The van der Waals surface area contributed by atoms with E-state index >= 15 is 0 Å². The van der Waals surface area contributed by atoms with Crippen LogP contribution in [0.25, 0.3) is 6.08 Å². The molecule has 6 heteroatoms. The lowest BCUT2D eigenvalue weighted by molar-refractivity contribution is -0.149. The Bertz CT molecular complexity index is 754. The molecule has 1 aromatic carbocycles. The minimum absolute atomic E-state index is 0.125. The van der Waals surface area contributed by atoms with Gasteiger partial charge in [-0.3, -0.25) is 4.79 Å².